The highest BCUT2D eigenvalue weighted by Crippen LogP contribution is 2.32. The van der Waals surface area contributed by atoms with Gasteiger partial charge in [-0.15, -0.1) is 10.2 Å². The number of carbonyl (C=O) groups excluding carboxylic acids is 1. The Hall–Kier alpha value is -3.28. The van der Waals surface area contributed by atoms with E-state index in [1.807, 2.05) is 0 Å². The first-order chi connectivity index (χ1) is 16.0. The lowest BCUT2D eigenvalue weighted by Crippen LogP contribution is -2.42. The second-order valence-corrected chi connectivity index (χ2v) is 7.92. The summed E-state index contributed by atoms with van der Waals surface area (Å²) in [6, 6.07) is 6.21. The van der Waals surface area contributed by atoms with E-state index in [-0.39, 0.29) is 47.9 Å². The molecule has 0 N–H and O–H groups in total. The molecule has 1 saturated heterocycles. The van der Waals surface area contributed by atoms with Crippen molar-refractivity contribution in [3.63, 3.8) is 0 Å². The predicted molar refractivity (Wildman–Crippen MR) is 109 cm³/mol. The molecule has 1 aliphatic rings. The molecule has 0 radical (unpaired) electrons. The fourth-order valence-electron chi connectivity index (χ4n) is 3.42. The number of benzene rings is 2. The number of hydrogen-bond donors (Lipinski definition) is 0. The summed E-state index contributed by atoms with van der Waals surface area (Å²) in [7, 11) is 0. The second-order valence-electron chi connectivity index (χ2n) is 7.52. The van der Waals surface area contributed by atoms with Crippen LogP contribution in [0.2, 0.25) is 5.02 Å². The number of rotatable bonds is 4. The standard InChI is InChI=1S/C21H15ClF6N4O2/c22-15-8-14(3-4-16(15)24)32(20(33)31-6-5-13(23)10-31)9-12-2-1-11(7-17(12)25)18-29-30-19(34-18)21(26,27)28/h1-4,7-8,13H,5-6,9-10H2/t13-/m0/s1. The summed E-state index contributed by atoms with van der Waals surface area (Å²) in [5, 5.41) is 5.90. The lowest BCUT2D eigenvalue weighted by molar-refractivity contribution is -0.156. The molecule has 2 amide bonds. The topological polar surface area (TPSA) is 62.5 Å². The molecule has 34 heavy (non-hydrogen) atoms. The van der Waals surface area contributed by atoms with Gasteiger partial charge in [0, 0.05) is 23.4 Å². The molecule has 1 atom stereocenters. The van der Waals surface area contributed by atoms with Gasteiger partial charge in [-0.2, -0.15) is 13.2 Å². The van der Waals surface area contributed by atoms with Gasteiger partial charge in [-0.3, -0.25) is 4.90 Å². The highest BCUT2D eigenvalue weighted by molar-refractivity contribution is 6.31. The summed E-state index contributed by atoms with van der Waals surface area (Å²) in [5.74, 6) is -3.72. The highest BCUT2D eigenvalue weighted by atomic mass is 35.5. The Labute approximate surface area is 193 Å². The number of amides is 2. The van der Waals surface area contributed by atoms with E-state index in [0.717, 1.165) is 17.0 Å². The van der Waals surface area contributed by atoms with Crippen LogP contribution in [0.25, 0.3) is 11.5 Å². The van der Waals surface area contributed by atoms with Gasteiger partial charge in [0.2, 0.25) is 5.89 Å². The molecule has 1 fully saturated rings. The van der Waals surface area contributed by atoms with Gasteiger partial charge in [-0.1, -0.05) is 17.7 Å². The number of likely N-dealkylation sites (tertiary alicyclic amines) is 1. The van der Waals surface area contributed by atoms with Crippen molar-refractivity contribution in [2.45, 2.75) is 25.3 Å². The Kier molecular flexibility index (Phi) is 6.43. The summed E-state index contributed by atoms with van der Waals surface area (Å²) in [4.78, 5) is 15.4. The van der Waals surface area contributed by atoms with Crippen LogP contribution in [0.5, 0.6) is 0 Å². The average molecular weight is 505 g/mol. The molecule has 180 valence electrons. The van der Waals surface area contributed by atoms with Crippen LogP contribution in [0.15, 0.2) is 40.8 Å². The SMILES string of the molecule is O=C(N1CC[C@H](F)C1)N(Cc1ccc(-c2nnc(C(F)(F)F)o2)cc1F)c1ccc(F)c(Cl)c1. The summed E-state index contributed by atoms with van der Waals surface area (Å²) < 4.78 is 84.8. The van der Waals surface area contributed by atoms with Crippen LogP contribution in [-0.2, 0) is 12.7 Å². The van der Waals surface area contributed by atoms with Crippen molar-refractivity contribution < 1.29 is 35.6 Å². The molecule has 2 aromatic carbocycles. The number of hydrogen-bond acceptors (Lipinski definition) is 4. The first-order valence-corrected chi connectivity index (χ1v) is 10.3. The number of nitrogens with zero attached hydrogens (tertiary/aromatic N) is 4. The van der Waals surface area contributed by atoms with Crippen LogP contribution in [0.4, 0.5) is 36.8 Å². The van der Waals surface area contributed by atoms with Gasteiger partial charge in [-0.05, 0) is 36.8 Å². The molecule has 2 heterocycles. The van der Waals surface area contributed by atoms with Crippen molar-refractivity contribution in [1.29, 1.82) is 0 Å². The first-order valence-electron chi connectivity index (χ1n) is 9.88. The quantitative estimate of drug-likeness (QED) is 0.418. The fraction of sp³-hybridized carbons (Fsp3) is 0.286. The van der Waals surface area contributed by atoms with Gasteiger partial charge in [0.05, 0.1) is 18.1 Å². The molecule has 3 aromatic rings. The van der Waals surface area contributed by atoms with Gasteiger partial charge < -0.3 is 9.32 Å². The largest absolute Gasteiger partial charge is 0.470 e. The van der Waals surface area contributed by atoms with Gasteiger partial charge >= 0.3 is 18.1 Å². The van der Waals surface area contributed by atoms with Gasteiger partial charge in [0.15, 0.2) is 0 Å². The van der Waals surface area contributed by atoms with Crippen molar-refractivity contribution in [3.8, 4) is 11.5 Å². The van der Waals surface area contributed by atoms with E-state index in [0.29, 0.717) is 0 Å². The van der Waals surface area contributed by atoms with Crippen LogP contribution in [0, 0.1) is 11.6 Å². The van der Waals surface area contributed by atoms with E-state index in [4.69, 9.17) is 11.6 Å². The molecule has 0 unspecified atom stereocenters. The molecule has 0 aliphatic carbocycles. The normalized spacial score (nSPS) is 16.2. The van der Waals surface area contributed by atoms with Crippen molar-refractivity contribution in [3.05, 3.63) is 64.5 Å². The molecular weight excluding hydrogens is 490 g/mol. The average Bonchev–Trinajstić information content (AvgIpc) is 3.44. The molecular formula is C21H15ClF6N4O2. The molecule has 0 spiro atoms. The van der Waals surface area contributed by atoms with Crippen LogP contribution in [0.3, 0.4) is 0 Å². The van der Waals surface area contributed by atoms with Crippen LogP contribution < -0.4 is 4.90 Å². The van der Waals surface area contributed by atoms with E-state index in [1.54, 1.807) is 0 Å². The van der Waals surface area contributed by atoms with Crippen molar-refractivity contribution >= 4 is 23.3 Å². The molecule has 0 saturated carbocycles. The zero-order valence-corrected chi connectivity index (χ0v) is 17.9. The Morgan fingerprint density at radius 3 is 2.50 bits per heavy atom. The Morgan fingerprint density at radius 1 is 1.15 bits per heavy atom. The van der Waals surface area contributed by atoms with E-state index >= 15 is 0 Å². The molecule has 4 rings (SSSR count). The minimum absolute atomic E-state index is 0.0240. The summed E-state index contributed by atoms with van der Waals surface area (Å²) in [5.41, 5.74) is 0.0183. The van der Waals surface area contributed by atoms with Crippen LogP contribution in [0.1, 0.15) is 17.9 Å². The Balaban J connectivity index is 1.63. The van der Waals surface area contributed by atoms with Gasteiger partial charge in [0.25, 0.3) is 0 Å². The smallest absolute Gasteiger partial charge is 0.413 e. The Bertz CT molecular complexity index is 1220. The number of halogens is 7. The summed E-state index contributed by atoms with van der Waals surface area (Å²) >= 11 is 5.84. The maximum absolute atomic E-state index is 14.9. The van der Waals surface area contributed by atoms with Crippen LogP contribution in [-0.4, -0.2) is 40.4 Å². The van der Waals surface area contributed by atoms with Gasteiger partial charge in [-0.25, -0.2) is 18.0 Å². The highest BCUT2D eigenvalue weighted by Gasteiger charge is 2.38. The minimum Gasteiger partial charge on any atom is -0.413 e. The van der Waals surface area contributed by atoms with E-state index in [9.17, 15) is 31.1 Å². The Morgan fingerprint density at radius 2 is 1.91 bits per heavy atom. The minimum atomic E-state index is -4.85. The molecule has 0 bridgehead atoms. The third kappa shape index (κ3) is 4.96. The van der Waals surface area contributed by atoms with Crippen molar-refractivity contribution in [2.24, 2.45) is 0 Å². The summed E-state index contributed by atoms with van der Waals surface area (Å²) in [6.45, 7) is -0.353. The van der Waals surface area contributed by atoms with E-state index in [2.05, 4.69) is 14.6 Å². The maximum Gasteiger partial charge on any atom is 0.470 e. The van der Waals surface area contributed by atoms with Gasteiger partial charge in [0.1, 0.15) is 17.8 Å². The maximum atomic E-state index is 14.9. The van der Waals surface area contributed by atoms with E-state index in [1.165, 1.54) is 29.2 Å². The number of alkyl halides is 4. The molecule has 6 nitrogen and oxygen atoms in total. The fourth-order valence-corrected chi connectivity index (χ4v) is 3.59. The number of carbonyl (C=O) groups is 1. The first kappa shape index (κ1) is 23.9. The van der Waals surface area contributed by atoms with Crippen molar-refractivity contribution in [2.75, 3.05) is 18.0 Å². The molecule has 13 heteroatoms. The monoisotopic (exact) mass is 504 g/mol. The van der Waals surface area contributed by atoms with Crippen LogP contribution >= 0.6 is 11.6 Å². The summed E-state index contributed by atoms with van der Waals surface area (Å²) in [6.07, 6.45) is -5.90. The number of urea groups is 1. The molecule has 1 aromatic heterocycles. The third-order valence-corrected chi connectivity index (χ3v) is 5.43. The predicted octanol–water partition coefficient (Wildman–Crippen LogP) is 5.86. The number of anilines is 1. The second kappa shape index (κ2) is 9.16. The number of aromatic nitrogens is 2. The third-order valence-electron chi connectivity index (χ3n) is 5.14. The lowest BCUT2D eigenvalue weighted by Gasteiger charge is -2.28. The zero-order valence-electron chi connectivity index (χ0n) is 17.1. The van der Waals surface area contributed by atoms with E-state index < -0.39 is 41.8 Å². The lowest BCUT2D eigenvalue weighted by atomic mass is 10.1. The molecule has 1 aliphatic heterocycles. The zero-order chi connectivity index (χ0) is 24.6. The van der Waals surface area contributed by atoms with Crippen molar-refractivity contribution in [1.82, 2.24) is 15.1 Å².